The Balaban J connectivity index is 1.86. The first-order valence-corrected chi connectivity index (χ1v) is 7.40. The summed E-state index contributed by atoms with van der Waals surface area (Å²) in [6, 6.07) is 16.3. The summed E-state index contributed by atoms with van der Waals surface area (Å²) in [5, 5.41) is 13.4. The van der Waals surface area contributed by atoms with Crippen molar-refractivity contribution in [2.24, 2.45) is 4.99 Å². The van der Waals surface area contributed by atoms with E-state index in [-0.39, 0.29) is 5.69 Å². The molecule has 0 aliphatic carbocycles. The molecule has 0 unspecified atom stereocenters. The third kappa shape index (κ3) is 3.07. The number of benzene rings is 2. The van der Waals surface area contributed by atoms with Gasteiger partial charge < -0.3 is 0 Å². The average Bonchev–Trinajstić information content (AvgIpc) is 3.03. The van der Waals surface area contributed by atoms with E-state index in [0.29, 0.717) is 10.7 Å². The van der Waals surface area contributed by atoms with Gasteiger partial charge in [0.2, 0.25) is 5.13 Å². The molecule has 22 heavy (non-hydrogen) atoms. The van der Waals surface area contributed by atoms with Gasteiger partial charge in [-0.3, -0.25) is 10.1 Å². The molecule has 0 N–H and O–H groups in total. The van der Waals surface area contributed by atoms with E-state index in [2.05, 4.69) is 9.98 Å². The number of thiazole rings is 1. The Morgan fingerprint density at radius 2 is 1.82 bits per heavy atom. The molecule has 0 saturated carbocycles. The van der Waals surface area contributed by atoms with Crippen LogP contribution in [0.2, 0.25) is 0 Å². The van der Waals surface area contributed by atoms with Crippen molar-refractivity contribution in [1.29, 1.82) is 0 Å². The summed E-state index contributed by atoms with van der Waals surface area (Å²) < 4.78 is 0. The van der Waals surface area contributed by atoms with Crippen LogP contribution < -0.4 is 0 Å². The zero-order chi connectivity index (χ0) is 15.4. The molecule has 0 fully saturated rings. The van der Waals surface area contributed by atoms with E-state index in [0.717, 1.165) is 11.3 Å². The highest BCUT2D eigenvalue weighted by Gasteiger charge is 2.10. The molecule has 0 spiro atoms. The Labute approximate surface area is 130 Å². The molecule has 0 aliphatic heterocycles. The lowest BCUT2D eigenvalue weighted by Gasteiger charge is -1.95. The zero-order valence-electron chi connectivity index (χ0n) is 11.4. The summed E-state index contributed by atoms with van der Waals surface area (Å²) in [5.41, 5.74) is 2.36. The second kappa shape index (κ2) is 6.28. The molecule has 3 rings (SSSR count). The molecule has 0 aliphatic rings. The van der Waals surface area contributed by atoms with E-state index in [1.165, 1.54) is 23.6 Å². The number of para-hydroxylation sites is 1. The van der Waals surface area contributed by atoms with Crippen LogP contribution in [0.3, 0.4) is 0 Å². The quantitative estimate of drug-likeness (QED) is 0.405. The van der Waals surface area contributed by atoms with Crippen LogP contribution in [0.4, 0.5) is 10.8 Å². The summed E-state index contributed by atoms with van der Waals surface area (Å²) in [5.74, 6) is 0. The molecule has 0 radical (unpaired) electrons. The van der Waals surface area contributed by atoms with Gasteiger partial charge in [-0.15, -0.1) is 11.3 Å². The molecule has 3 aromatic rings. The highest BCUT2D eigenvalue weighted by atomic mass is 32.1. The van der Waals surface area contributed by atoms with Crippen LogP contribution in [0.1, 0.15) is 5.56 Å². The SMILES string of the molecule is O=[N+]([O-])c1ccccc1C=Nc1nc(-c2ccccc2)cs1. The van der Waals surface area contributed by atoms with E-state index in [4.69, 9.17) is 0 Å². The molecule has 108 valence electrons. The van der Waals surface area contributed by atoms with Crippen molar-refractivity contribution in [1.82, 2.24) is 4.98 Å². The third-order valence-electron chi connectivity index (χ3n) is 3.01. The number of nitro benzene ring substituents is 1. The van der Waals surface area contributed by atoms with Gasteiger partial charge in [-0.05, 0) is 6.07 Å². The minimum absolute atomic E-state index is 0.0334. The Morgan fingerprint density at radius 3 is 2.59 bits per heavy atom. The van der Waals surface area contributed by atoms with Crippen molar-refractivity contribution >= 4 is 28.4 Å². The largest absolute Gasteiger partial charge is 0.278 e. The van der Waals surface area contributed by atoms with Gasteiger partial charge in [0.15, 0.2) is 0 Å². The van der Waals surface area contributed by atoms with Crippen LogP contribution in [-0.2, 0) is 0 Å². The van der Waals surface area contributed by atoms with Crippen LogP contribution in [0.5, 0.6) is 0 Å². The first-order valence-electron chi connectivity index (χ1n) is 6.52. The molecule has 0 saturated heterocycles. The standard InChI is InChI=1S/C16H11N3O2S/c20-19(21)15-9-5-4-8-13(15)10-17-16-18-14(11-22-16)12-6-2-1-3-7-12/h1-11H. The summed E-state index contributed by atoms with van der Waals surface area (Å²) in [7, 11) is 0. The maximum absolute atomic E-state index is 11.0. The molecule has 1 heterocycles. The number of hydrogen-bond donors (Lipinski definition) is 0. The molecule has 0 atom stereocenters. The minimum Gasteiger partial charge on any atom is -0.258 e. The summed E-state index contributed by atoms with van der Waals surface area (Å²) >= 11 is 1.40. The van der Waals surface area contributed by atoms with Crippen molar-refractivity contribution in [3.8, 4) is 11.3 Å². The van der Waals surface area contributed by atoms with E-state index >= 15 is 0 Å². The van der Waals surface area contributed by atoms with Crippen molar-refractivity contribution in [2.75, 3.05) is 0 Å². The molecule has 0 bridgehead atoms. The van der Waals surface area contributed by atoms with Crippen LogP contribution in [0.15, 0.2) is 65.0 Å². The predicted octanol–water partition coefficient (Wildman–Crippen LogP) is 4.47. The van der Waals surface area contributed by atoms with Crippen molar-refractivity contribution < 1.29 is 4.92 Å². The lowest BCUT2D eigenvalue weighted by atomic mass is 10.2. The predicted molar refractivity (Wildman–Crippen MR) is 87.9 cm³/mol. The van der Waals surface area contributed by atoms with Gasteiger partial charge in [0.25, 0.3) is 5.69 Å². The number of aromatic nitrogens is 1. The van der Waals surface area contributed by atoms with Crippen molar-refractivity contribution in [3.63, 3.8) is 0 Å². The second-order valence-electron chi connectivity index (χ2n) is 4.46. The van der Waals surface area contributed by atoms with E-state index in [9.17, 15) is 10.1 Å². The molecular weight excluding hydrogens is 298 g/mol. The Bertz CT molecular complexity index is 828. The minimum atomic E-state index is -0.418. The Kier molecular flexibility index (Phi) is 4.02. The second-order valence-corrected chi connectivity index (χ2v) is 5.29. The lowest BCUT2D eigenvalue weighted by molar-refractivity contribution is -0.385. The van der Waals surface area contributed by atoms with Gasteiger partial charge >= 0.3 is 0 Å². The average molecular weight is 309 g/mol. The fourth-order valence-electron chi connectivity index (χ4n) is 1.95. The maximum Gasteiger partial charge on any atom is 0.278 e. The third-order valence-corrected chi connectivity index (χ3v) is 3.76. The fourth-order valence-corrected chi connectivity index (χ4v) is 2.62. The van der Waals surface area contributed by atoms with Crippen LogP contribution in [0, 0.1) is 10.1 Å². The Morgan fingerprint density at radius 1 is 1.09 bits per heavy atom. The van der Waals surface area contributed by atoms with Crippen molar-refractivity contribution in [3.05, 3.63) is 75.7 Å². The molecule has 6 heteroatoms. The van der Waals surface area contributed by atoms with Gasteiger partial charge in [0.1, 0.15) is 0 Å². The van der Waals surface area contributed by atoms with Crippen molar-refractivity contribution in [2.45, 2.75) is 0 Å². The first-order chi connectivity index (χ1) is 10.7. The van der Waals surface area contributed by atoms with Gasteiger partial charge in [-0.1, -0.05) is 42.5 Å². The number of rotatable bonds is 4. The Hall–Kier alpha value is -2.86. The maximum atomic E-state index is 11.0. The van der Waals surface area contributed by atoms with E-state index < -0.39 is 4.92 Å². The lowest BCUT2D eigenvalue weighted by Crippen LogP contribution is -1.93. The highest BCUT2D eigenvalue weighted by molar-refractivity contribution is 7.13. The number of hydrogen-bond acceptors (Lipinski definition) is 5. The van der Waals surface area contributed by atoms with Crippen LogP contribution in [-0.4, -0.2) is 16.1 Å². The first kappa shape index (κ1) is 14.1. The number of nitro groups is 1. The molecule has 2 aromatic carbocycles. The number of aliphatic imine (C=N–C) groups is 1. The molecular formula is C16H11N3O2S. The van der Waals surface area contributed by atoms with E-state index in [1.54, 1.807) is 18.2 Å². The highest BCUT2D eigenvalue weighted by Crippen LogP contribution is 2.26. The summed E-state index contributed by atoms with van der Waals surface area (Å²) in [6.07, 6.45) is 1.48. The van der Waals surface area contributed by atoms with Crippen LogP contribution in [0.25, 0.3) is 11.3 Å². The summed E-state index contributed by atoms with van der Waals surface area (Å²) in [4.78, 5) is 19.2. The van der Waals surface area contributed by atoms with Gasteiger partial charge in [0, 0.05) is 23.2 Å². The zero-order valence-corrected chi connectivity index (χ0v) is 12.2. The van der Waals surface area contributed by atoms with E-state index in [1.807, 2.05) is 35.7 Å². The monoisotopic (exact) mass is 309 g/mol. The molecule has 0 amide bonds. The summed E-state index contributed by atoms with van der Waals surface area (Å²) in [6.45, 7) is 0. The molecule has 5 nitrogen and oxygen atoms in total. The normalized spacial score (nSPS) is 10.9. The van der Waals surface area contributed by atoms with Gasteiger partial charge in [-0.25, -0.2) is 9.98 Å². The topological polar surface area (TPSA) is 68.4 Å². The van der Waals surface area contributed by atoms with Crippen LogP contribution >= 0.6 is 11.3 Å². The molecule has 1 aromatic heterocycles. The number of nitrogens with zero attached hydrogens (tertiary/aromatic N) is 3. The van der Waals surface area contributed by atoms with Gasteiger partial charge in [0.05, 0.1) is 16.2 Å². The van der Waals surface area contributed by atoms with Gasteiger partial charge in [-0.2, -0.15) is 0 Å². The fraction of sp³-hybridized carbons (Fsp3) is 0. The smallest absolute Gasteiger partial charge is 0.258 e.